The van der Waals surface area contributed by atoms with E-state index >= 15 is 0 Å². The highest BCUT2D eigenvalue weighted by Crippen LogP contribution is 2.29. The van der Waals surface area contributed by atoms with Gasteiger partial charge in [0, 0.05) is 17.5 Å². The summed E-state index contributed by atoms with van der Waals surface area (Å²) in [7, 11) is 0. The van der Waals surface area contributed by atoms with Crippen LogP contribution in [0, 0.1) is 5.92 Å². The van der Waals surface area contributed by atoms with Gasteiger partial charge in [-0.25, -0.2) is 0 Å². The lowest BCUT2D eigenvalue weighted by atomic mass is 9.95. The summed E-state index contributed by atoms with van der Waals surface area (Å²) >= 11 is 1.71. The second kappa shape index (κ2) is 7.61. The van der Waals surface area contributed by atoms with Gasteiger partial charge in [0.1, 0.15) is 0 Å². The first-order valence-electron chi connectivity index (χ1n) is 7.87. The Bertz CT molecular complexity index is 465. The number of carbonyl (C=O) groups is 1. The topological polar surface area (TPSA) is 41.1 Å². The SMILES string of the molecule is CC1CCNCC1NC(=O)c1cc2c(s1)CCCCC2.Cl. The van der Waals surface area contributed by atoms with Crippen LogP contribution < -0.4 is 10.6 Å². The number of hydrogen-bond acceptors (Lipinski definition) is 3. The normalized spacial score (nSPS) is 25.4. The maximum Gasteiger partial charge on any atom is 0.261 e. The lowest BCUT2D eigenvalue weighted by molar-refractivity contribution is 0.0919. The molecule has 5 heteroatoms. The molecule has 1 fully saturated rings. The number of thiophene rings is 1. The molecule has 2 N–H and O–H groups in total. The van der Waals surface area contributed by atoms with E-state index in [-0.39, 0.29) is 24.4 Å². The molecule has 0 bridgehead atoms. The van der Waals surface area contributed by atoms with Gasteiger partial charge >= 0.3 is 0 Å². The van der Waals surface area contributed by atoms with Gasteiger partial charge in [0.25, 0.3) is 5.91 Å². The number of piperidine rings is 1. The summed E-state index contributed by atoms with van der Waals surface area (Å²) in [6.07, 6.45) is 7.34. The van der Waals surface area contributed by atoms with E-state index in [9.17, 15) is 4.79 Å². The average molecular weight is 329 g/mol. The minimum atomic E-state index is 0. The van der Waals surface area contributed by atoms with Crippen LogP contribution in [-0.2, 0) is 12.8 Å². The van der Waals surface area contributed by atoms with Crippen molar-refractivity contribution in [2.45, 2.75) is 51.5 Å². The van der Waals surface area contributed by atoms with Crippen molar-refractivity contribution in [1.82, 2.24) is 10.6 Å². The van der Waals surface area contributed by atoms with Gasteiger partial charge in [0.2, 0.25) is 0 Å². The molecular formula is C16H25ClN2OS. The van der Waals surface area contributed by atoms with Gasteiger partial charge in [-0.05, 0) is 56.2 Å². The molecule has 21 heavy (non-hydrogen) atoms. The van der Waals surface area contributed by atoms with Gasteiger partial charge in [-0.1, -0.05) is 13.3 Å². The fraction of sp³-hybridized carbons (Fsp3) is 0.688. The molecule has 1 aromatic heterocycles. The first-order valence-corrected chi connectivity index (χ1v) is 8.69. The fourth-order valence-corrected chi connectivity index (χ4v) is 4.36. The van der Waals surface area contributed by atoms with Gasteiger partial charge in [-0.15, -0.1) is 23.7 Å². The Labute approximate surface area is 137 Å². The monoisotopic (exact) mass is 328 g/mol. The number of rotatable bonds is 2. The summed E-state index contributed by atoms with van der Waals surface area (Å²) in [6.45, 7) is 4.20. The zero-order valence-corrected chi connectivity index (χ0v) is 14.2. The summed E-state index contributed by atoms with van der Waals surface area (Å²) in [6, 6.07) is 2.42. The van der Waals surface area contributed by atoms with Gasteiger partial charge in [0.15, 0.2) is 0 Å². The zero-order valence-electron chi connectivity index (χ0n) is 12.6. The summed E-state index contributed by atoms with van der Waals surface area (Å²) in [5, 5.41) is 6.59. The molecule has 0 saturated carbocycles. The molecule has 1 amide bonds. The van der Waals surface area contributed by atoms with E-state index < -0.39 is 0 Å². The minimum absolute atomic E-state index is 0. The predicted molar refractivity (Wildman–Crippen MR) is 90.7 cm³/mol. The predicted octanol–water partition coefficient (Wildman–Crippen LogP) is 3.17. The molecule has 1 aromatic rings. The molecule has 1 aliphatic heterocycles. The molecular weight excluding hydrogens is 304 g/mol. The average Bonchev–Trinajstić information content (AvgIpc) is 2.73. The summed E-state index contributed by atoms with van der Waals surface area (Å²) < 4.78 is 0. The van der Waals surface area contributed by atoms with Crippen molar-refractivity contribution in [3.8, 4) is 0 Å². The second-order valence-corrected chi connectivity index (χ2v) is 7.31. The molecule has 1 aliphatic carbocycles. The van der Waals surface area contributed by atoms with Gasteiger partial charge in [-0.3, -0.25) is 4.79 Å². The summed E-state index contributed by atoms with van der Waals surface area (Å²) in [4.78, 5) is 14.8. The number of amides is 1. The number of nitrogens with one attached hydrogen (secondary N) is 2. The number of aryl methyl sites for hydroxylation is 2. The highest BCUT2D eigenvalue weighted by atomic mass is 35.5. The van der Waals surface area contributed by atoms with Crippen molar-refractivity contribution in [3.05, 3.63) is 21.4 Å². The zero-order chi connectivity index (χ0) is 13.9. The van der Waals surface area contributed by atoms with E-state index in [0.717, 1.165) is 37.2 Å². The van der Waals surface area contributed by atoms with Crippen LogP contribution in [0.25, 0.3) is 0 Å². The summed E-state index contributed by atoms with van der Waals surface area (Å²) in [5.74, 6) is 0.696. The van der Waals surface area contributed by atoms with Crippen molar-refractivity contribution in [2.24, 2.45) is 5.92 Å². The number of halogens is 1. The van der Waals surface area contributed by atoms with E-state index in [1.54, 1.807) is 11.3 Å². The number of carbonyl (C=O) groups excluding carboxylic acids is 1. The Kier molecular flexibility index (Phi) is 6.08. The fourth-order valence-electron chi connectivity index (χ4n) is 3.20. The Morgan fingerprint density at radius 2 is 2.14 bits per heavy atom. The lowest BCUT2D eigenvalue weighted by Gasteiger charge is -2.30. The summed E-state index contributed by atoms with van der Waals surface area (Å²) in [5.41, 5.74) is 1.42. The largest absolute Gasteiger partial charge is 0.347 e. The third-order valence-electron chi connectivity index (χ3n) is 4.61. The van der Waals surface area contributed by atoms with E-state index in [1.165, 1.54) is 29.7 Å². The first-order chi connectivity index (χ1) is 9.74. The van der Waals surface area contributed by atoms with Crippen LogP contribution in [-0.4, -0.2) is 25.0 Å². The third kappa shape index (κ3) is 3.99. The number of fused-ring (bicyclic) bond motifs is 1. The molecule has 1 saturated heterocycles. The molecule has 118 valence electrons. The van der Waals surface area contributed by atoms with Crippen molar-refractivity contribution in [3.63, 3.8) is 0 Å². The van der Waals surface area contributed by atoms with E-state index in [0.29, 0.717) is 5.92 Å². The van der Waals surface area contributed by atoms with Crippen LogP contribution in [0.2, 0.25) is 0 Å². The van der Waals surface area contributed by atoms with E-state index in [2.05, 4.69) is 23.6 Å². The van der Waals surface area contributed by atoms with Crippen LogP contribution in [0.5, 0.6) is 0 Å². The Morgan fingerprint density at radius 3 is 2.95 bits per heavy atom. The Hall–Kier alpha value is -0.580. The highest BCUT2D eigenvalue weighted by molar-refractivity contribution is 7.14. The molecule has 0 aromatic carbocycles. The minimum Gasteiger partial charge on any atom is -0.347 e. The van der Waals surface area contributed by atoms with Crippen molar-refractivity contribution in [2.75, 3.05) is 13.1 Å². The Balaban J connectivity index is 0.00000161. The van der Waals surface area contributed by atoms with Crippen LogP contribution in [0.1, 0.15) is 52.7 Å². The van der Waals surface area contributed by atoms with Crippen LogP contribution >= 0.6 is 23.7 Å². The maximum absolute atomic E-state index is 12.4. The van der Waals surface area contributed by atoms with E-state index in [4.69, 9.17) is 0 Å². The molecule has 2 unspecified atom stereocenters. The standard InChI is InChI=1S/C16H24N2OS.ClH/c1-11-7-8-17-10-13(11)18-16(19)15-9-12-5-3-2-4-6-14(12)20-15;/h9,11,13,17H,2-8,10H2,1H3,(H,18,19);1H. The van der Waals surface area contributed by atoms with Crippen LogP contribution in [0.3, 0.4) is 0 Å². The molecule has 0 spiro atoms. The smallest absolute Gasteiger partial charge is 0.261 e. The van der Waals surface area contributed by atoms with Gasteiger partial charge in [0.05, 0.1) is 4.88 Å². The van der Waals surface area contributed by atoms with Gasteiger partial charge < -0.3 is 10.6 Å². The van der Waals surface area contributed by atoms with Crippen molar-refractivity contribution >= 4 is 29.7 Å². The Morgan fingerprint density at radius 1 is 1.33 bits per heavy atom. The third-order valence-corrected chi connectivity index (χ3v) is 5.85. The molecule has 2 atom stereocenters. The second-order valence-electron chi connectivity index (χ2n) is 6.17. The van der Waals surface area contributed by atoms with Crippen LogP contribution in [0.15, 0.2) is 6.07 Å². The van der Waals surface area contributed by atoms with Crippen molar-refractivity contribution in [1.29, 1.82) is 0 Å². The molecule has 3 rings (SSSR count). The molecule has 2 heterocycles. The molecule has 3 nitrogen and oxygen atoms in total. The first kappa shape index (κ1) is 16.8. The highest BCUT2D eigenvalue weighted by Gasteiger charge is 2.24. The van der Waals surface area contributed by atoms with Crippen LogP contribution in [0.4, 0.5) is 0 Å². The van der Waals surface area contributed by atoms with Crippen molar-refractivity contribution < 1.29 is 4.79 Å². The number of hydrogen-bond donors (Lipinski definition) is 2. The van der Waals surface area contributed by atoms with Gasteiger partial charge in [-0.2, -0.15) is 0 Å². The lowest BCUT2D eigenvalue weighted by Crippen LogP contribution is -2.50. The quantitative estimate of drug-likeness (QED) is 0.819. The maximum atomic E-state index is 12.4. The van der Waals surface area contributed by atoms with E-state index in [1.807, 2.05) is 0 Å². The molecule has 0 radical (unpaired) electrons. The molecule has 2 aliphatic rings.